The molecule has 0 bridgehead atoms. The van der Waals surface area contributed by atoms with E-state index in [2.05, 4.69) is 37.7 Å². The number of aryl methyl sites for hydroxylation is 1. The van der Waals surface area contributed by atoms with Crippen molar-refractivity contribution in [1.29, 1.82) is 5.41 Å². The number of benzene rings is 1. The van der Waals surface area contributed by atoms with Crippen LogP contribution in [0.15, 0.2) is 30.5 Å². The van der Waals surface area contributed by atoms with Crippen LogP contribution in [0.25, 0.3) is 17.1 Å². The van der Waals surface area contributed by atoms with Gasteiger partial charge >= 0.3 is 0 Å². The van der Waals surface area contributed by atoms with Crippen molar-refractivity contribution >= 4 is 40.2 Å². The number of nitrogens with zero attached hydrogens (tertiary/aromatic N) is 2. The highest BCUT2D eigenvalue weighted by Crippen LogP contribution is 2.30. The first-order valence-corrected chi connectivity index (χ1v) is 12.0. The van der Waals surface area contributed by atoms with Crippen molar-refractivity contribution in [3.8, 4) is 0 Å². The lowest BCUT2D eigenvalue weighted by molar-refractivity contribution is -0.121. The Morgan fingerprint density at radius 1 is 1.24 bits per heavy atom. The molecule has 34 heavy (non-hydrogen) atoms. The molecule has 0 aliphatic carbocycles. The number of hydrogen-bond donors (Lipinski definition) is 5. The molecule has 4 rings (SSSR count). The lowest BCUT2D eigenvalue weighted by Gasteiger charge is -2.19. The molecule has 1 atom stereocenters. The highest BCUT2D eigenvalue weighted by Gasteiger charge is 2.19. The number of carbonyl (C=O) groups is 1. The minimum Gasteiger partial charge on any atom is -0.384 e. The van der Waals surface area contributed by atoms with Crippen LogP contribution in [0.3, 0.4) is 0 Å². The van der Waals surface area contributed by atoms with E-state index in [0.29, 0.717) is 30.1 Å². The van der Waals surface area contributed by atoms with Crippen molar-refractivity contribution in [2.45, 2.75) is 58.4 Å². The number of rotatable bonds is 2. The third kappa shape index (κ3) is 5.44. The van der Waals surface area contributed by atoms with Gasteiger partial charge in [0.1, 0.15) is 11.6 Å². The molecule has 1 amide bonds. The van der Waals surface area contributed by atoms with Crippen molar-refractivity contribution < 1.29 is 4.79 Å². The fourth-order valence-corrected chi connectivity index (χ4v) is 4.32. The summed E-state index contributed by atoms with van der Waals surface area (Å²) in [5, 5.41) is 15.6. The largest absolute Gasteiger partial charge is 0.384 e. The zero-order chi connectivity index (χ0) is 24.1. The minimum atomic E-state index is 0.0530. The first-order chi connectivity index (χ1) is 16.4. The predicted molar refractivity (Wildman–Crippen MR) is 138 cm³/mol. The smallest absolute Gasteiger partial charge is 0.220 e. The molecule has 0 radical (unpaired) electrons. The van der Waals surface area contributed by atoms with E-state index in [1.807, 2.05) is 32.0 Å². The number of fused-ring (bicyclic) bond motifs is 2. The van der Waals surface area contributed by atoms with Gasteiger partial charge in [-0.15, -0.1) is 0 Å². The van der Waals surface area contributed by atoms with Crippen LogP contribution in [-0.2, 0) is 4.79 Å². The molecule has 1 aromatic carbocycles. The number of hydrogen-bond acceptors (Lipinski definition) is 6. The number of nitrogens with two attached hydrogens (primary N) is 1. The van der Waals surface area contributed by atoms with Crippen molar-refractivity contribution in [3.63, 3.8) is 0 Å². The molecule has 0 spiro atoms. The van der Waals surface area contributed by atoms with Gasteiger partial charge in [0.25, 0.3) is 0 Å². The summed E-state index contributed by atoms with van der Waals surface area (Å²) >= 11 is 0. The monoisotopic (exact) mass is 459 g/mol. The number of imidazole rings is 1. The molecular formula is C26H33N7O. The fraction of sp³-hybridized carbons (Fsp3) is 0.385. The molecule has 1 aliphatic rings. The quantitative estimate of drug-likeness (QED) is 0.359. The number of amides is 1. The number of aromatic nitrogens is 3. The van der Waals surface area contributed by atoms with E-state index in [1.165, 1.54) is 0 Å². The minimum absolute atomic E-state index is 0.0530. The topological polar surface area (TPSA) is 133 Å². The molecule has 0 unspecified atom stereocenters. The lowest BCUT2D eigenvalue weighted by Crippen LogP contribution is -2.33. The second kappa shape index (κ2) is 10.5. The summed E-state index contributed by atoms with van der Waals surface area (Å²) in [6.07, 6.45) is 11.1. The number of carbonyl (C=O) groups excluding carboxylic acids is 1. The first-order valence-electron chi connectivity index (χ1n) is 12.0. The third-order valence-electron chi connectivity index (χ3n) is 6.14. The van der Waals surface area contributed by atoms with Gasteiger partial charge in [-0.1, -0.05) is 24.6 Å². The van der Waals surface area contributed by atoms with Gasteiger partial charge in [0.15, 0.2) is 0 Å². The summed E-state index contributed by atoms with van der Waals surface area (Å²) in [6.45, 7) is 4.56. The first kappa shape index (κ1) is 23.5. The van der Waals surface area contributed by atoms with Gasteiger partial charge in [-0.3, -0.25) is 10.2 Å². The van der Waals surface area contributed by atoms with Gasteiger partial charge in [0.05, 0.1) is 28.0 Å². The average Bonchev–Trinajstić information content (AvgIpc) is 3.17. The Kier molecular flexibility index (Phi) is 7.25. The fourth-order valence-electron chi connectivity index (χ4n) is 4.32. The van der Waals surface area contributed by atoms with Crippen molar-refractivity contribution in [3.05, 3.63) is 53.0 Å². The van der Waals surface area contributed by atoms with Crippen LogP contribution in [0.1, 0.15) is 68.0 Å². The molecule has 3 aromatic rings. The van der Waals surface area contributed by atoms with Gasteiger partial charge in [-0.25, -0.2) is 9.97 Å². The van der Waals surface area contributed by atoms with Crippen LogP contribution in [0.4, 0.5) is 11.5 Å². The summed E-state index contributed by atoms with van der Waals surface area (Å²) in [4.78, 5) is 24.3. The number of pyridine rings is 1. The molecule has 2 aromatic heterocycles. The van der Waals surface area contributed by atoms with Gasteiger partial charge in [-0.05, 0) is 51.7 Å². The SMILES string of the molecule is Cc1nc2ccc(C(=N)c3c(N)ncc4c3NCC[C@@H](C)NC(=O)CCCCC/C=C/4)cc2[nH]1. The maximum absolute atomic E-state index is 12.2. The molecule has 0 saturated heterocycles. The maximum atomic E-state index is 12.2. The Balaban J connectivity index is 1.69. The van der Waals surface area contributed by atoms with Gasteiger partial charge < -0.3 is 21.4 Å². The van der Waals surface area contributed by atoms with E-state index < -0.39 is 0 Å². The molecular weight excluding hydrogens is 426 g/mol. The summed E-state index contributed by atoms with van der Waals surface area (Å²) in [5.74, 6) is 1.25. The molecule has 8 nitrogen and oxygen atoms in total. The zero-order valence-corrected chi connectivity index (χ0v) is 19.9. The predicted octanol–water partition coefficient (Wildman–Crippen LogP) is 4.55. The normalized spacial score (nSPS) is 18.8. The second-order valence-corrected chi connectivity index (χ2v) is 8.96. The molecule has 8 heteroatoms. The van der Waals surface area contributed by atoms with Gasteiger partial charge in [-0.2, -0.15) is 0 Å². The number of allylic oxidation sites excluding steroid dienone is 1. The maximum Gasteiger partial charge on any atom is 0.220 e. The van der Waals surface area contributed by atoms with Crippen LogP contribution >= 0.6 is 0 Å². The summed E-state index contributed by atoms with van der Waals surface area (Å²) in [7, 11) is 0. The van der Waals surface area contributed by atoms with Crippen molar-refractivity contribution in [2.24, 2.45) is 0 Å². The van der Waals surface area contributed by atoms with E-state index >= 15 is 0 Å². The van der Waals surface area contributed by atoms with Gasteiger partial charge in [0.2, 0.25) is 5.91 Å². The summed E-state index contributed by atoms with van der Waals surface area (Å²) in [6, 6.07) is 5.78. The third-order valence-corrected chi connectivity index (χ3v) is 6.14. The number of aromatic amines is 1. The van der Waals surface area contributed by atoms with Crippen LogP contribution in [0.2, 0.25) is 0 Å². The van der Waals surface area contributed by atoms with E-state index in [9.17, 15) is 4.79 Å². The molecule has 0 saturated carbocycles. The van der Waals surface area contributed by atoms with Crippen LogP contribution in [-0.4, -0.2) is 39.2 Å². The molecule has 3 heterocycles. The number of nitrogens with one attached hydrogen (secondary N) is 4. The van der Waals surface area contributed by atoms with E-state index in [-0.39, 0.29) is 11.9 Å². The highest BCUT2D eigenvalue weighted by molar-refractivity contribution is 6.18. The Morgan fingerprint density at radius 2 is 2.09 bits per heavy atom. The van der Waals surface area contributed by atoms with Crippen LogP contribution in [0.5, 0.6) is 0 Å². The zero-order valence-electron chi connectivity index (χ0n) is 19.9. The highest BCUT2D eigenvalue weighted by atomic mass is 16.1. The Bertz CT molecular complexity index is 1230. The van der Waals surface area contributed by atoms with Gasteiger partial charge in [0, 0.05) is 36.3 Å². The van der Waals surface area contributed by atoms with E-state index in [0.717, 1.165) is 65.8 Å². The van der Waals surface area contributed by atoms with Crippen LogP contribution in [0, 0.1) is 12.3 Å². The molecule has 0 fully saturated rings. The average molecular weight is 460 g/mol. The van der Waals surface area contributed by atoms with Crippen molar-refractivity contribution in [2.75, 3.05) is 17.6 Å². The molecule has 6 N–H and O–H groups in total. The van der Waals surface area contributed by atoms with E-state index in [4.69, 9.17) is 11.1 Å². The standard InChI is InChI=1S/C26H33N7O/c1-16-12-13-29-25-19(8-6-4-3-5-7-9-22(34)31-16)15-30-26(28)23(25)24(27)18-10-11-20-21(14-18)33-17(2)32-20/h6,8,10-11,14-16,27,29H,3-5,7,9,12-13H2,1-2H3,(H2,28,30)(H,31,34)(H,32,33)/b8-6+,27-24?/t16-/m1/s1. The number of H-pyrrole nitrogens is 1. The summed E-state index contributed by atoms with van der Waals surface area (Å²) in [5.41, 5.74) is 11.4. The lowest BCUT2D eigenvalue weighted by atomic mass is 9.98. The van der Waals surface area contributed by atoms with E-state index in [1.54, 1.807) is 6.20 Å². The Labute approximate surface area is 200 Å². The Morgan fingerprint density at radius 3 is 2.94 bits per heavy atom. The Hall–Kier alpha value is -3.68. The second-order valence-electron chi connectivity index (χ2n) is 8.96. The molecule has 1 aliphatic heterocycles. The molecule has 178 valence electrons. The van der Waals surface area contributed by atoms with Crippen LogP contribution < -0.4 is 16.4 Å². The number of nitrogen functional groups attached to an aromatic ring is 1. The number of anilines is 2. The summed E-state index contributed by atoms with van der Waals surface area (Å²) < 4.78 is 0. The van der Waals surface area contributed by atoms with Crippen molar-refractivity contribution in [1.82, 2.24) is 20.3 Å².